The fourth-order valence-corrected chi connectivity index (χ4v) is 1.68. The van der Waals surface area contributed by atoms with Crippen LogP contribution in [0.5, 0.6) is 0 Å². The van der Waals surface area contributed by atoms with E-state index < -0.39 is 17.4 Å². The second kappa shape index (κ2) is 2.47. The molecule has 1 saturated carbocycles. The van der Waals surface area contributed by atoms with Gasteiger partial charge in [-0.1, -0.05) is 13.8 Å². The molecule has 0 heterocycles. The molecule has 0 radical (unpaired) electrons. The van der Waals surface area contributed by atoms with Gasteiger partial charge in [-0.05, 0) is 18.3 Å². The summed E-state index contributed by atoms with van der Waals surface area (Å²) in [6, 6.07) is 0. The van der Waals surface area contributed by atoms with E-state index in [1.807, 2.05) is 13.8 Å². The highest BCUT2D eigenvalue weighted by Gasteiger charge is 2.67. The van der Waals surface area contributed by atoms with Crippen molar-refractivity contribution >= 4 is 11.9 Å². The standard InChI is InChI=1S/C8H12O4/c1-4(2)5-3-8(5,6(9)10)7(11)12/h4-5H,3H2,1-2H3,(H,9,10)(H,11,12)/t5-/m1/s1. The molecule has 4 heteroatoms. The molecule has 0 aliphatic heterocycles. The van der Waals surface area contributed by atoms with Gasteiger partial charge in [0.15, 0.2) is 5.41 Å². The van der Waals surface area contributed by atoms with Gasteiger partial charge in [-0.25, -0.2) is 0 Å². The number of carboxylic acids is 2. The highest BCUT2D eigenvalue weighted by atomic mass is 16.4. The molecule has 0 unspecified atom stereocenters. The Morgan fingerprint density at radius 1 is 1.33 bits per heavy atom. The van der Waals surface area contributed by atoms with Crippen LogP contribution >= 0.6 is 0 Å². The lowest BCUT2D eigenvalue weighted by molar-refractivity contribution is -0.158. The fourth-order valence-electron chi connectivity index (χ4n) is 1.68. The van der Waals surface area contributed by atoms with Crippen LogP contribution in [0.1, 0.15) is 20.3 Å². The molecule has 12 heavy (non-hydrogen) atoms. The van der Waals surface area contributed by atoms with Crippen LogP contribution in [0.15, 0.2) is 0 Å². The monoisotopic (exact) mass is 172 g/mol. The molecule has 1 aliphatic carbocycles. The van der Waals surface area contributed by atoms with E-state index in [0.29, 0.717) is 0 Å². The number of hydrogen-bond donors (Lipinski definition) is 2. The highest BCUT2D eigenvalue weighted by molar-refractivity contribution is 6.02. The topological polar surface area (TPSA) is 74.6 Å². The van der Waals surface area contributed by atoms with E-state index in [0.717, 1.165) is 0 Å². The summed E-state index contributed by atoms with van der Waals surface area (Å²) in [5.74, 6) is -2.48. The van der Waals surface area contributed by atoms with Crippen molar-refractivity contribution in [1.82, 2.24) is 0 Å². The lowest BCUT2D eigenvalue weighted by Crippen LogP contribution is -2.28. The highest BCUT2D eigenvalue weighted by Crippen LogP contribution is 2.56. The molecule has 1 fully saturated rings. The molecule has 0 bridgehead atoms. The molecule has 0 aromatic rings. The number of aliphatic carboxylic acids is 2. The predicted octanol–water partition coefficient (Wildman–Crippen LogP) is 0.818. The SMILES string of the molecule is CC(C)[C@H]1CC1(C(=O)O)C(=O)O. The summed E-state index contributed by atoms with van der Waals surface area (Å²) in [5.41, 5.74) is -1.48. The van der Waals surface area contributed by atoms with E-state index in [9.17, 15) is 9.59 Å². The Morgan fingerprint density at radius 2 is 1.75 bits per heavy atom. The number of carbonyl (C=O) groups is 2. The molecule has 68 valence electrons. The summed E-state index contributed by atoms with van der Waals surface area (Å²) in [4.78, 5) is 21.3. The van der Waals surface area contributed by atoms with Crippen molar-refractivity contribution in [2.24, 2.45) is 17.3 Å². The average molecular weight is 172 g/mol. The van der Waals surface area contributed by atoms with Crippen molar-refractivity contribution in [3.63, 3.8) is 0 Å². The molecule has 1 atom stereocenters. The smallest absolute Gasteiger partial charge is 0.321 e. The maximum atomic E-state index is 10.7. The molecule has 2 N–H and O–H groups in total. The number of carboxylic acid groups (broad SMARTS) is 2. The van der Waals surface area contributed by atoms with Gasteiger partial charge in [-0.2, -0.15) is 0 Å². The second-order valence-electron chi connectivity index (χ2n) is 3.64. The summed E-state index contributed by atoms with van der Waals surface area (Å²) >= 11 is 0. The minimum atomic E-state index is -1.48. The Labute approximate surface area is 70.2 Å². The van der Waals surface area contributed by atoms with Gasteiger partial charge in [-0.15, -0.1) is 0 Å². The molecule has 4 nitrogen and oxygen atoms in total. The zero-order valence-corrected chi connectivity index (χ0v) is 7.07. The first-order chi connectivity index (χ1) is 5.43. The van der Waals surface area contributed by atoms with Crippen molar-refractivity contribution < 1.29 is 19.8 Å². The van der Waals surface area contributed by atoms with Gasteiger partial charge in [-0.3, -0.25) is 9.59 Å². The number of rotatable bonds is 3. The van der Waals surface area contributed by atoms with Crippen molar-refractivity contribution in [2.75, 3.05) is 0 Å². The fraction of sp³-hybridized carbons (Fsp3) is 0.750. The lowest BCUT2D eigenvalue weighted by atomic mass is 9.97. The Hall–Kier alpha value is -1.06. The van der Waals surface area contributed by atoms with Crippen molar-refractivity contribution in [3.05, 3.63) is 0 Å². The Balaban J connectivity index is 2.83. The van der Waals surface area contributed by atoms with Gasteiger partial charge in [0.1, 0.15) is 0 Å². The van der Waals surface area contributed by atoms with Gasteiger partial charge < -0.3 is 10.2 Å². The first-order valence-electron chi connectivity index (χ1n) is 3.89. The van der Waals surface area contributed by atoms with E-state index in [1.165, 1.54) is 0 Å². The third kappa shape index (κ3) is 0.983. The first-order valence-corrected chi connectivity index (χ1v) is 3.89. The first kappa shape index (κ1) is 9.03. The molecule has 0 amide bonds. The summed E-state index contributed by atoms with van der Waals surface area (Å²) < 4.78 is 0. The van der Waals surface area contributed by atoms with E-state index in [2.05, 4.69) is 0 Å². The van der Waals surface area contributed by atoms with Crippen LogP contribution in [0.3, 0.4) is 0 Å². The van der Waals surface area contributed by atoms with Crippen LogP contribution in [0.2, 0.25) is 0 Å². The van der Waals surface area contributed by atoms with Crippen LogP contribution in [0, 0.1) is 17.3 Å². The van der Waals surface area contributed by atoms with E-state index in [4.69, 9.17) is 10.2 Å². The van der Waals surface area contributed by atoms with Gasteiger partial charge in [0.05, 0.1) is 0 Å². The molecular formula is C8H12O4. The van der Waals surface area contributed by atoms with Crippen LogP contribution < -0.4 is 0 Å². The summed E-state index contributed by atoms with van der Waals surface area (Å²) in [7, 11) is 0. The number of hydrogen-bond acceptors (Lipinski definition) is 2. The third-order valence-corrected chi connectivity index (χ3v) is 2.58. The maximum Gasteiger partial charge on any atom is 0.321 e. The minimum absolute atomic E-state index is 0.122. The molecule has 0 aromatic carbocycles. The minimum Gasteiger partial charge on any atom is -0.480 e. The van der Waals surface area contributed by atoms with Gasteiger partial charge >= 0.3 is 11.9 Å². The largest absolute Gasteiger partial charge is 0.480 e. The van der Waals surface area contributed by atoms with Crippen LogP contribution in [0.4, 0.5) is 0 Å². The van der Waals surface area contributed by atoms with Crippen LogP contribution in [-0.4, -0.2) is 22.2 Å². The Bertz CT molecular complexity index is 217. The Morgan fingerprint density at radius 3 is 1.83 bits per heavy atom. The van der Waals surface area contributed by atoms with Gasteiger partial charge in [0.25, 0.3) is 0 Å². The van der Waals surface area contributed by atoms with E-state index in [1.54, 1.807) is 0 Å². The van der Waals surface area contributed by atoms with Crippen LogP contribution in [0.25, 0.3) is 0 Å². The molecular weight excluding hydrogens is 160 g/mol. The normalized spacial score (nSPS) is 25.4. The zero-order valence-electron chi connectivity index (χ0n) is 7.07. The maximum absolute atomic E-state index is 10.7. The third-order valence-electron chi connectivity index (χ3n) is 2.58. The molecule has 0 saturated heterocycles. The Kier molecular flexibility index (Phi) is 1.86. The van der Waals surface area contributed by atoms with Crippen molar-refractivity contribution in [3.8, 4) is 0 Å². The van der Waals surface area contributed by atoms with E-state index >= 15 is 0 Å². The van der Waals surface area contributed by atoms with Crippen molar-refractivity contribution in [2.45, 2.75) is 20.3 Å². The second-order valence-corrected chi connectivity index (χ2v) is 3.64. The molecule has 0 aromatic heterocycles. The lowest BCUT2D eigenvalue weighted by Gasteiger charge is -2.08. The zero-order chi connectivity index (χ0) is 9.52. The summed E-state index contributed by atoms with van der Waals surface area (Å²) in [5, 5.41) is 17.4. The predicted molar refractivity (Wildman–Crippen MR) is 40.6 cm³/mol. The van der Waals surface area contributed by atoms with Gasteiger partial charge in [0.2, 0.25) is 0 Å². The quantitative estimate of drug-likeness (QED) is 0.618. The molecule has 0 spiro atoms. The van der Waals surface area contributed by atoms with E-state index in [-0.39, 0.29) is 18.3 Å². The average Bonchev–Trinajstić information content (AvgIpc) is 2.60. The van der Waals surface area contributed by atoms with Gasteiger partial charge in [0, 0.05) is 0 Å². The molecule has 1 rings (SSSR count). The summed E-state index contributed by atoms with van der Waals surface area (Å²) in [6.45, 7) is 3.69. The van der Waals surface area contributed by atoms with Crippen molar-refractivity contribution in [1.29, 1.82) is 0 Å². The summed E-state index contributed by atoms with van der Waals surface area (Å²) in [6.07, 6.45) is 0.273. The molecule has 1 aliphatic rings. The van der Waals surface area contributed by atoms with Crippen LogP contribution in [-0.2, 0) is 9.59 Å².